The standard InChI is InChI=1S/C14H14N2O3S/c1-15-12(17)10-8-6-4-5-7-9(19-3)11(8)20-13(10)16(2)14(15)18/h4-7,9H,1-3H3. The van der Waals surface area contributed by atoms with E-state index in [0.717, 1.165) is 15.0 Å². The number of aromatic nitrogens is 2. The van der Waals surface area contributed by atoms with E-state index in [1.54, 1.807) is 14.2 Å². The molecule has 0 radical (unpaired) electrons. The molecule has 0 aliphatic heterocycles. The van der Waals surface area contributed by atoms with Gasteiger partial charge >= 0.3 is 5.69 Å². The largest absolute Gasteiger partial charge is 0.372 e. The molecule has 0 amide bonds. The van der Waals surface area contributed by atoms with Crippen LogP contribution in [-0.4, -0.2) is 16.2 Å². The summed E-state index contributed by atoms with van der Waals surface area (Å²) in [6, 6.07) is 0. The Bertz CT molecular complexity index is 867. The normalized spacial score (nSPS) is 17.4. The van der Waals surface area contributed by atoms with Crippen LogP contribution >= 0.6 is 11.3 Å². The molecule has 0 bridgehead atoms. The lowest BCUT2D eigenvalue weighted by Gasteiger charge is -2.08. The van der Waals surface area contributed by atoms with E-state index in [1.165, 1.54) is 23.0 Å². The smallest absolute Gasteiger partial charge is 0.331 e. The SMILES string of the molecule is COC1C=CC=Cc2c1sc1c2c(=O)n(C)c(=O)n1C. The van der Waals surface area contributed by atoms with Crippen LogP contribution in [0.4, 0.5) is 0 Å². The zero-order valence-electron chi connectivity index (χ0n) is 11.4. The van der Waals surface area contributed by atoms with Crippen LogP contribution in [0.3, 0.4) is 0 Å². The first-order chi connectivity index (χ1) is 9.56. The molecule has 0 N–H and O–H groups in total. The average Bonchev–Trinajstić information content (AvgIpc) is 2.71. The molecule has 0 fully saturated rings. The molecular formula is C14H14N2O3S. The van der Waals surface area contributed by atoms with Crippen molar-refractivity contribution in [2.75, 3.05) is 7.11 Å². The first-order valence-corrected chi connectivity index (χ1v) is 6.98. The van der Waals surface area contributed by atoms with Gasteiger partial charge in [0.05, 0.1) is 5.39 Å². The summed E-state index contributed by atoms with van der Waals surface area (Å²) in [4.78, 5) is 26.0. The lowest BCUT2D eigenvalue weighted by molar-refractivity contribution is 0.145. The molecule has 1 atom stereocenters. The van der Waals surface area contributed by atoms with Gasteiger partial charge in [0.2, 0.25) is 0 Å². The topological polar surface area (TPSA) is 53.2 Å². The molecule has 3 rings (SSSR count). The van der Waals surface area contributed by atoms with Crippen LogP contribution in [-0.2, 0) is 18.8 Å². The van der Waals surface area contributed by atoms with Gasteiger partial charge in [0, 0.05) is 31.6 Å². The molecular weight excluding hydrogens is 276 g/mol. The first kappa shape index (κ1) is 13.1. The fraction of sp³-hybridized carbons (Fsp3) is 0.286. The summed E-state index contributed by atoms with van der Waals surface area (Å²) >= 11 is 1.43. The van der Waals surface area contributed by atoms with E-state index in [0.29, 0.717) is 10.2 Å². The van der Waals surface area contributed by atoms with E-state index in [1.807, 2.05) is 24.3 Å². The van der Waals surface area contributed by atoms with Gasteiger partial charge in [0.25, 0.3) is 5.56 Å². The molecule has 0 aromatic carbocycles. The van der Waals surface area contributed by atoms with Crippen molar-refractivity contribution in [1.82, 2.24) is 9.13 Å². The number of rotatable bonds is 1. The Morgan fingerprint density at radius 1 is 1.20 bits per heavy atom. The highest BCUT2D eigenvalue weighted by Crippen LogP contribution is 2.37. The van der Waals surface area contributed by atoms with Crippen molar-refractivity contribution in [3.05, 3.63) is 49.5 Å². The Kier molecular flexibility index (Phi) is 2.99. The zero-order valence-corrected chi connectivity index (χ0v) is 12.2. The predicted molar refractivity (Wildman–Crippen MR) is 80.2 cm³/mol. The molecule has 1 aliphatic rings. The second-order valence-electron chi connectivity index (χ2n) is 4.67. The van der Waals surface area contributed by atoms with Crippen molar-refractivity contribution in [1.29, 1.82) is 0 Å². The van der Waals surface area contributed by atoms with Crippen LogP contribution in [0.15, 0.2) is 27.8 Å². The Labute approximate surface area is 119 Å². The van der Waals surface area contributed by atoms with Gasteiger partial charge in [-0.05, 0) is 0 Å². The van der Waals surface area contributed by atoms with Crippen LogP contribution in [0.25, 0.3) is 16.3 Å². The Morgan fingerprint density at radius 2 is 1.95 bits per heavy atom. The molecule has 1 unspecified atom stereocenters. The van der Waals surface area contributed by atoms with Gasteiger partial charge in [-0.15, -0.1) is 11.3 Å². The van der Waals surface area contributed by atoms with Crippen LogP contribution in [0.1, 0.15) is 16.5 Å². The molecule has 6 heteroatoms. The van der Waals surface area contributed by atoms with Crippen LogP contribution in [0, 0.1) is 0 Å². The van der Waals surface area contributed by atoms with Crippen LogP contribution in [0.5, 0.6) is 0 Å². The summed E-state index contributed by atoms with van der Waals surface area (Å²) in [6.07, 6.45) is 7.42. The summed E-state index contributed by atoms with van der Waals surface area (Å²) in [5.74, 6) is 0. The number of aryl methyl sites for hydroxylation is 1. The predicted octanol–water partition coefficient (Wildman–Crippen LogP) is 1.57. The fourth-order valence-corrected chi connectivity index (χ4v) is 3.72. The van der Waals surface area contributed by atoms with E-state index in [4.69, 9.17) is 4.74 Å². The third kappa shape index (κ3) is 1.65. The maximum atomic E-state index is 12.4. The minimum absolute atomic E-state index is 0.197. The number of thiophene rings is 1. The molecule has 1 aliphatic carbocycles. The van der Waals surface area contributed by atoms with Crippen molar-refractivity contribution in [3.63, 3.8) is 0 Å². The second-order valence-corrected chi connectivity index (χ2v) is 5.70. The van der Waals surface area contributed by atoms with Gasteiger partial charge in [0.15, 0.2) is 0 Å². The lowest BCUT2D eigenvalue weighted by Crippen LogP contribution is -2.36. The quantitative estimate of drug-likeness (QED) is 0.801. The maximum absolute atomic E-state index is 12.4. The Balaban J connectivity index is 2.52. The molecule has 0 saturated carbocycles. The van der Waals surface area contributed by atoms with Gasteiger partial charge < -0.3 is 4.74 Å². The molecule has 0 saturated heterocycles. The number of hydrogen-bond donors (Lipinski definition) is 0. The highest BCUT2D eigenvalue weighted by molar-refractivity contribution is 7.19. The van der Waals surface area contributed by atoms with Gasteiger partial charge in [0.1, 0.15) is 10.9 Å². The van der Waals surface area contributed by atoms with Crippen molar-refractivity contribution in [2.24, 2.45) is 14.1 Å². The average molecular weight is 290 g/mol. The third-order valence-electron chi connectivity index (χ3n) is 3.52. The summed E-state index contributed by atoms with van der Waals surface area (Å²) in [7, 11) is 4.81. The number of allylic oxidation sites excluding steroid dienone is 2. The van der Waals surface area contributed by atoms with E-state index >= 15 is 0 Å². The molecule has 5 nitrogen and oxygen atoms in total. The van der Waals surface area contributed by atoms with E-state index < -0.39 is 0 Å². The maximum Gasteiger partial charge on any atom is 0.331 e. The highest BCUT2D eigenvalue weighted by Gasteiger charge is 2.23. The van der Waals surface area contributed by atoms with Gasteiger partial charge in [-0.1, -0.05) is 24.3 Å². The molecule has 104 valence electrons. The first-order valence-electron chi connectivity index (χ1n) is 6.16. The minimum Gasteiger partial charge on any atom is -0.372 e. The Hall–Kier alpha value is -1.92. The lowest BCUT2D eigenvalue weighted by atomic mass is 10.1. The highest BCUT2D eigenvalue weighted by atomic mass is 32.1. The monoisotopic (exact) mass is 290 g/mol. The summed E-state index contributed by atoms with van der Waals surface area (Å²) in [5.41, 5.74) is 0.271. The molecule has 2 heterocycles. The number of nitrogens with zero attached hydrogens (tertiary/aromatic N) is 2. The van der Waals surface area contributed by atoms with Gasteiger partial charge in [-0.25, -0.2) is 4.79 Å². The molecule has 2 aromatic heterocycles. The van der Waals surface area contributed by atoms with Crippen molar-refractivity contribution >= 4 is 27.6 Å². The van der Waals surface area contributed by atoms with Crippen molar-refractivity contribution < 1.29 is 4.74 Å². The van der Waals surface area contributed by atoms with Gasteiger partial charge in [-0.3, -0.25) is 13.9 Å². The van der Waals surface area contributed by atoms with Crippen molar-refractivity contribution in [2.45, 2.75) is 6.10 Å². The number of hydrogen-bond acceptors (Lipinski definition) is 4. The van der Waals surface area contributed by atoms with Crippen LogP contribution in [0.2, 0.25) is 0 Å². The summed E-state index contributed by atoms with van der Waals surface area (Å²) in [6.45, 7) is 0. The van der Waals surface area contributed by atoms with E-state index in [-0.39, 0.29) is 17.4 Å². The molecule has 2 aromatic rings. The zero-order chi connectivity index (χ0) is 14.4. The minimum atomic E-state index is -0.313. The number of ether oxygens (including phenoxy) is 1. The van der Waals surface area contributed by atoms with Crippen LogP contribution < -0.4 is 11.2 Å². The number of methoxy groups -OCH3 is 1. The summed E-state index contributed by atoms with van der Waals surface area (Å²) < 4.78 is 8.11. The Morgan fingerprint density at radius 3 is 2.65 bits per heavy atom. The van der Waals surface area contributed by atoms with Crippen molar-refractivity contribution in [3.8, 4) is 0 Å². The van der Waals surface area contributed by atoms with Gasteiger partial charge in [-0.2, -0.15) is 0 Å². The molecule has 0 spiro atoms. The number of fused-ring (bicyclic) bond motifs is 3. The molecule has 20 heavy (non-hydrogen) atoms. The summed E-state index contributed by atoms with van der Waals surface area (Å²) in [5, 5.41) is 0.580. The second kappa shape index (κ2) is 4.57. The third-order valence-corrected chi connectivity index (χ3v) is 4.87. The fourth-order valence-electron chi connectivity index (χ4n) is 2.42. The van der Waals surface area contributed by atoms with E-state index in [2.05, 4.69) is 0 Å². The van der Waals surface area contributed by atoms with E-state index in [9.17, 15) is 9.59 Å².